The van der Waals surface area contributed by atoms with Crippen LogP contribution in [0.2, 0.25) is 10.0 Å². The van der Waals surface area contributed by atoms with Crippen molar-refractivity contribution in [3.05, 3.63) is 75.8 Å². The van der Waals surface area contributed by atoms with Crippen LogP contribution in [0.5, 0.6) is 23.5 Å². The number of allylic oxidation sites excluding steroid dienone is 1. The number of hydrogen-bond acceptors (Lipinski definition) is 7. The van der Waals surface area contributed by atoms with Crippen molar-refractivity contribution in [2.45, 2.75) is 12.8 Å². The van der Waals surface area contributed by atoms with Gasteiger partial charge in [-0.25, -0.2) is 0 Å². The Hall–Kier alpha value is -3.62. The van der Waals surface area contributed by atoms with Gasteiger partial charge in [-0.15, -0.1) is 0 Å². The second-order valence-electron chi connectivity index (χ2n) is 7.30. The third-order valence-electron chi connectivity index (χ3n) is 4.92. The number of carboxylic acids is 1. The van der Waals surface area contributed by atoms with Crippen molar-refractivity contribution in [1.29, 1.82) is 0 Å². The molecule has 10 heteroatoms. The molecule has 3 rings (SSSR count). The van der Waals surface area contributed by atoms with Crippen LogP contribution in [0.3, 0.4) is 0 Å². The number of aliphatic carboxylic acids is 1. The molecule has 0 aliphatic carbocycles. The number of halogens is 2. The Morgan fingerprint density at radius 3 is 2.14 bits per heavy atom. The second kappa shape index (κ2) is 12.2. The van der Waals surface area contributed by atoms with Crippen LogP contribution in [-0.4, -0.2) is 41.0 Å². The molecule has 1 aromatic heterocycles. The first-order valence-corrected chi connectivity index (χ1v) is 11.2. The number of nitrogens with zero attached hydrogens (tertiary/aromatic N) is 2. The number of carboxylic acid groups (broad SMARTS) is 1. The number of carbonyl (C=O) groups excluding carboxylic acids is 1. The monoisotopic (exact) mass is 516 g/mol. The van der Waals surface area contributed by atoms with Crippen LogP contribution in [0.15, 0.2) is 54.6 Å². The number of rotatable bonds is 11. The maximum Gasteiger partial charge on any atom is 0.328 e. The molecule has 0 saturated heterocycles. The predicted molar refractivity (Wildman–Crippen MR) is 132 cm³/mol. The van der Waals surface area contributed by atoms with Gasteiger partial charge in [0.1, 0.15) is 5.75 Å². The molecule has 1 heterocycles. The van der Waals surface area contributed by atoms with E-state index in [1.165, 1.54) is 20.3 Å². The molecule has 0 aliphatic rings. The van der Waals surface area contributed by atoms with Crippen LogP contribution in [0, 0.1) is 5.92 Å². The molecule has 1 atom stereocenters. The molecule has 0 fully saturated rings. The predicted octanol–water partition coefficient (Wildman–Crippen LogP) is 5.97. The molecule has 0 bridgehead atoms. The second-order valence-corrected chi connectivity index (χ2v) is 8.12. The minimum atomic E-state index is -1.08. The zero-order valence-electron chi connectivity index (χ0n) is 18.9. The van der Waals surface area contributed by atoms with Crippen molar-refractivity contribution in [3.63, 3.8) is 0 Å². The van der Waals surface area contributed by atoms with E-state index in [4.69, 9.17) is 37.4 Å². The van der Waals surface area contributed by atoms with E-state index in [9.17, 15) is 14.7 Å². The van der Waals surface area contributed by atoms with E-state index < -0.39 is 17.7 Å². The minimum Gasteiger partial charge on any atom is -0.481 e. The van der Waals surface area contributed by atoms with E-state index >= 15 is 0 Å². The summed E-state index contributed by atoms with van der Waals surface area (Å²) in [5.41, 5.74) is 0.949. The highest BCUT2D eigenvalue weighted by atomic mass is 35.5. The summed E-state index contributed by atoms with van der Waals surface area (Å²) in [5, 5.41) is 9.95. The van der Waals surface area contributed by atoms with Gasteiger partial charge in [-0.05, 0) is 36.2 Å². The molecule has 0 saturated carbocycles. The third-order valence-corrected chi connectivity index (χ3v) is 5.55. The van der Waals surface area contributed by atoms with Gasteiger partial charge in [0.25, 0.3) is 0 Å². The van der Waals surface area contributed by atoms with Crippen molar-refractivity contribution in [1.82, 2.24) is 9.97 Å². The zero-order chi connectivity index (χ0) is 25.4. The largest absolute Gasteiger partial charge is 0.481 e. The molecule has 0 aliphatic heterocycles. The Kier molecular flexibility index (Phi) is 9.05. The van der Waals surface area contributed by atoms with Gasteiger partial charge in [-0.1, -0.05) is 53.6 Å². The van der Waals surface area contributed by atoms with E-state index in [1.54, 1.807) is 54.6 Å². The average Bonchev–Trinajstić information content (AvgIpc) is 2.84. The number of benzene rings is 2. The Morgan fingerprint density at radius 1 is 1.00 bits per heavy atom. The molecule has 1 unspecified atom stereocenters. The standard InChI is InChI=1S/C25H22Cl2N2O6/c1-33-21-14-22(34-2)29-25(28-21)35-17-11-9-15(10-12-17)5-3-6-16(24(31)32)13-20(30)23-18(26)7-4-8-19(23)27/h3-5,7-12,14,16H,6,13H2,1-2H3,(H,31,32)/b5-3+. The highest BCUT2D eigenvalue weighted by Gasteiger charge is 2.23. The number of Topliss-reactive ketones (excluding diaryl/α,β-unsaturated/α-hetero) is 1. The van der Waals surface area contributed by atoms with Gasteiger partial charge in [0.2, 0.25) is 11.8 Å². The van der Waals surface area contributed by atoms with Crippen molar-refractivity contribution in [2.24, 2.45) is 5.92 Å². The summed E-state index contributed by atoms with van der Waals surface area (Å²) in [5.74, 6) is -1.33. The van der Waals surface area contributed by atoms with E-state index in [0.717, 1.165) is 5.56 Å². The van der Waals surface area contributed by atoms with Crippen molar-refractivity contribution in [3.8, 4) is 23.5 Å². The van der Waals surface area contributed by atoms with Crippen LogP contribution in [-0.2, 0) is 4.79 Å². The normalized spacial score (nSPS) is 11.8. The fourth-order valence-corrected chi connectivity index (χ4v) is 3.73. The number of ether oxygens (including phenoxy) is 3. The first-order chi connectivity index (χ1) is 16.8. The lowest BCUT2D eigenvalue weighted by Gasteiger charge is -2.11. The van der Waals surface area contributed by atoms with Crippen molar-refractivity contribution < 1.29 is 28.9 Å². The third kappa shape index (κ3) is 7.18. The summed E-state index contributed by atoms with van der Waals surface area (Å²) < 4.78 is 15.9. The topological polar surface area (TPSA) is 108 Å². The molecule has 8 nitrogen and oxygen atoms in total. The molecule has 0 radical (unpaired) electrons. The molecule has 182 valence electrons. The lowest BCUT2D eigenvalue weighted by Crippen LogP contribution is -2.18. The van der Waals surface area contributed by atoms with E-state index in [2.05, 4.69) is 9.97 Å². The van der Waals surface area contributed by atoms with Crippen LogP contribution >= 0.6 is 23.2 Å². The highest BCUT2D eigenvalue weighted by Crippen LogP contribution is 2.28. The fourth-order valence-electron chi connectivity index (χ4n) is 3.12. The first kappa shape index (κ1) is 26.0. The molecule has 1 N–H and O–H groups in total. The molecule has 0 amide bonds. The van der Waals surface area contributed by atoms with E-state index in [0.29, 0.717) is 17.5 Å². The summed E-state index contributed by atoms with van der Waals surface area (Å²) in [6.07, 6.45) is 3.39. The first-order valence-electron chi connectivity index (χ1n) is 10.4. The average molecular weight is 517 g/mol. The van der Waals surface area contributed by atoms with Gasteiger partial charge >= 0.3 is 12.0 Å². The highest BCUT2D eigenvalue weighted by molar-refractivity contribution is 6.39. The lowest BCUT2D eigenvalue weighted by atomic mass is 9.95. The number of carbonyl (C=O) groups is 2. The van der Waals surface area contributed by atoms with Crippen molar-refractivity contribution in [2.75, 3.05) is 14.2 Å². The zero-order valence-corrected chi connectivity index (χ0v) is 20.4. The number of aromatic nitrogens is 2. The SMILES string of the molecule is COc1cc(OC)nc(Oc2ccc(/C=C/CC(CC(=O)c3c(Cl)cccc3Cl)C(=O)O)cc2)n1. The van der Waals surface area contributed by atoms with Crippen LogP contribution in [0.4, 0.5) is 0 Å². The summed E-state index contributed by atoms with van der Waals surface area (Å²) in [6.45, 7) is 0. The number of ketones is 1. The molecule has 2 aromatic carbocycles. The summed E-state index contributed by atoms with van der Waals surface area (Å²) in [7, 11) is 2.95. The molecule has 35 heavy (non-hydrogen) atoms. The van der Waals surface area contributed by atoms with Gasteiger partial charge in [-0.3, -0.25) is 9.59 Å². The van der Waals surface area contributed by atoms with E-state index in [-0.39, 0.29) is 34.5 Å². The van der Waals surface area contributed by atoms with E-state index in [1.807, 2.05) is 0 Å². The Morgan fingerprint density at radius 2 is 1.60 bits per heavy atom. The van der Waals surface area contributed by atoms with Gasteiger partial charge in [0, 0.05) is 6.42 Å². The molecule has 0 spiro atoms. The summed E-state index contributed by atoms with van der Waals surface area (Å²) >= 11 is 12.1. The molecule has 3 aromatic rings. The maximum absolute atomic E-state index is 12.6. The van der Waals surface area contributed by atoms with Gasteiger partial charge < -0.3 is 19.3 Å². The van der Waals surface area contributed by atoms with Gasteiger partial charge in [0.15, 0.2) is 5.78 Å². The Bertz CT molecular complexity index is 1190. The maximum atomic E-state index is 12.6. The van der Waals surface area contributed by atoms with Gasteiger partial charge in [0.05, 0.1) is 41.8 Å². The van der Waals surface area contributed by atoms with Gasteiger partial charge in [-0.2, -0.15) is 9.97 Å². The fraction of sp³-hybridized carbons (Fsp3) is 0.200. The minimum absolute atomic E-state index is 0.0667. The quantitative estimate of drug-likeness (QED) is 0.310. The smallest absolute Gasteiger partial charge is 0.328 e. The molecular weight excluding hydrogens is 495 g/mol. The summed E-state index contributed by atoms with van der Waals surface area (Å²) in [4.78, 5) is 32.5. The van der Waals surface area contributed by atoms with Crippen LogP contribution in [0.1, 0.15) is 28.8 Å². The summed E-state index contributed by atoms with van der Waals surface area (Å²) in [6, 6.07) is 13.3. The number of hydrogen-bond donors (Lipinski definition) is 1. The van der Waals surface area contributed by atoms with Crippen LogP contribution < -0.4 is 14.2 Å². The molecular formula is C25H22Cl2N2O6. The Balaban J connectivity index is 1.63. The number of methoxy groups -OCH3 is 2. The van der Waals surface area contributed by atoms with Crippen LogP contribution in [0.25, 0.3) is 6.08 Å². The lowest BCUT2D eigenvalue weighted by molar-refractivity contribution is -0.141. The van der Waals surface area contributed by atoms with Crippen molar-refractivity contribution >= 4 is 41.0 Å². The Labute approximate surface area is 212 Å².